The van der Waals surface area contributed by atoms with Crippen LogP contribution in [-0.2, 0) is 0 Å². The Morgan fingerprint density at radius 2 is 0.902 bits per heavy atom. The van der Waals surface area contributed by atoms with Gasteiger partial charge in [-0.2, -0.15) is 0 Å². The van der Waals surface area contributed by atoms with E-state index < -0.39 is 0 Å². The zero-order valence-corrected chi connectivity index (χ0v) is 27.7. The lowest BCUT2D eigenvalue weighted by atomic mass is 9.99. The average molecular weight is 654 g/mol. The van der Waals surface area contributed by atoms with Crippen LogP contribution < -0.4 is 4.90 Å². The van der Waals surface area contributed by atoms with E-state index in [1.54, 1.807) is 0 Å². The number of hydrogen-bond acceptors (Lipinski definition) is 3. The number of furan rings is 2. The number of hydrogen-bond donors (Lipinski definition) is 0. The molecule has 3 heteroatoms. The highest BCUT2D eigenvalue weighted by molar-refractivity contribution is 6.13. The van der Waals surface area contributed by atoms with Crippen LogP contribution in [-0.4, -0.2) is 0 Å². The molecule has 8 aromatic carbocycles. The van der Waals surface area contributed by atoms with Crippen molar-refractivity contribution in [2.75, 3.05) is 4.90 Å². The Kier molecular flexibility index (Phi) is 6.81. The van der Waals surface area contributed by atoms with Gasteiger partial charge in [-0.3, -0.25) is 0 Å². The third kappa shape index (κ3) is 4.98. The minimum atomic E-state index is 0.861. The Morgan fingerprint density at radius 1 is 0.333 bits per heavy atom. The molecule has 10 aromatic rings. The zero-order chi connectivity index (χ0) is 33.7. The van der Waals surface area contributed by atoms with Gasteiger partial charge in [0.2, 0.25) is 0 Å². The molecule has 0 radical (unpaired) electrons. The summed E-state index contributed by atoms with van der Waals surface area (Å²) < 4.78 is 12.8. The van der Waals surface area contributed by atoms with Crippen molar-refractivity contribution < 1.29 is 8.83 Å². The first-order valence-electron chi connectivity index (χ1n) is 17.3. The molecule has 0 bridgehead atoms. The van der Waals surface area contributed by atoms with Crippen LogP contribution in [0.1, 0.15) is 0 Å². The van der Waals surface area contributed by atoms with Crippen molar-refractivity contribution in [2.45, 2.75) is 0 Å². The standard InChI is InChI=1S/C48H31NO2/c1-2-11-32(12-3-1)33-23-25-34(26-24-33)36-13-8-14-38(31-36)49(43-19-10-22-46-47(43)42-16-5-7-21-45(42)50-46)37-29-27-35(28-30-37)39-17-9-18-41-40-15-4-6-20-44(40)51-48(39)41/h1-31H. The lowest BCUT2D eigenvalue weighted by Crippen LogP contribution is -2.10. The largest absolute Gasteiger partial charge is 0.456 e. The van der Waals surface area contributed by atoms with Crippen LogP contribution in [0.3, 0.4) is 0 Å². The third-order valence-corrected chi connectivity index (χ3v) is 9.89. The van der Waals surface area contributed by atoms with E-state index >= 15 is 0 Å². The first-order valence-corrected chi connectivity index (χ1v) is 17.3. The van der Waals surface area contributed by atoms with Gasteiger partial charge in [0, 0.05) is 33.1 Å². The van der Waals surface area contributed by atoms with E-state index in [1.807, 2.05) is 24.3 Å². The highest BCUT2D eigenvalue weighted by Gasteiger charge is 2.20. The molecule has 0 saturated carbocycles. The summed E-state index contributed by atoms with van der Waals surface area (Å²) in [4.78, 5) is 2.34. The Hall–Kier alpha value is -6.84. The van der Waals surface area contributed by atoms with Crippen LogP contribution in [0.15, 0.2) is 197 Å². The number of anilines is 3. The van der Waals surface area contributed by atoms with Crippen LogP contribution in [0.4, 0.5) is 17.1 Å². The van der Waals surface area contributed by atoms with Gasteiger partial charge in [-0.05, 0) is 76.3 Å². The second-order valence-corrected chi connectivity index (χ2v) is 12.9. The molecule has 0 N–H and O–H groups in total. The maximum atomic E-state index is 6.40. The van der Waals surface area contributed by atoms with Crippen molar-refractivity contribution in [2.24, 2.45) is 0 Å². The van der Waals surface area contributed by atoms with Crippen molar-refractivity contribution in [3.8, 4) is 33.4 Å². The molecule has 0 amide bonds. The molecule has 0 saturated heterocycles. The molecule has 0 aliphatic heterocycles. The van der Waals surface area contributed by atoms with Crippen LogP contribution in [0.2, 0.25) is 0 Å². The van der Waals surface area contributed by atoms with Gasteiger partial charge in [-0.1, -0.05) is 140 Å². The van der Waals surface area contributed by atoms with Crippen LogP contribution in [0.25, 0.3) is 77.3 Å². The van der Waals surface area contributed by atoms with E-state index in [-0.39, 0.29) is 0 Å². The molecule has 0 unspecified atom stereocenters. The topological polar surface area (TPSA) is 29.5 Å². The van der Waals surface area contributed by atoms with Crippen molar-refractivity contribution in [1.82, 2.24) is 0 Å². The minimum absolute atomic E-state index is 0.861. The third-order valence-electron chi connectivity index (χ3n) is 9.89. The van der Waals surface area contributed by atoms with E-state index in [9.17, 15) is 0 Å². The summed E-state index contributed by atoms with van der Waals surface area (Å²) in [5, 5.41) is 4.43. The summed E-state index contributed by atoms with van der Waals surface area (Å²) in [6.07, 6.45) is 0. The lowest BCUT2D eigenvalue weighted by Gasteiger charge is -2.27. The second-order valence-electron chi connectivity index (χ2n) is 12.9. The summed E-state index contributed by atoms with van der Waals surface area (Å²) in [5.74, 6) is 0. The van der Waals surface area contributed by atoms with Gasteiger partial charge in [-0.25, -0.2) is 0 Å². The second kappa shape index (κ2) is 11.9. The fourth-order valence-electron chi connectivity index (χ4n) is 7.44. The fraction of sp³-hybridized carbons (Fsp3) is 0. The quantitative estimate of drug-likeness (QED) is 0.179. The van der Waals surface area contributed by atoms with Gasteiger partial charge in [0.1, 0.15) is 22.3 Å². The fourth-order valence-corrected chi connectivity index (χ4v) is 7.44. The van der Waals surface area contributed by atoms with Crippen molar-refractivity contribution in [3.63, 3.8) is 0 Å². The van der Waals surface area contributed by atoms with E-state index in [0.717, 1.165) is 83.2 Å². The maximum absolute atomic E-state index is 6.40. The molecule has 3 nitrogen and oxygen atoms in total. The Morgan fingerprint density at radius 3 is 1.71 bits per heavy atom. The summed E-state index contributed by atoms with van der Waals surface area (Å²) >= 11 is 0. The van der Waals surface area contributed by atoms with E-state index in [4.69, 9.17) is 8.83 Å². The lowest BCUT2D eigenvalue weighted by molar-refractivity contribution is 0.669. The van der Waals surface area contributed by atoms with Gasteiger partial charge >= 0.3 is 0 Å². The molecule has 51 heavy (non-hydrogen) atoms. The number of para-hydroxylation sites is 3. The Labute approximate surface area is 295 Å². The normalized spacial score (nSPS) is 11.5. The predicted molar refractivity (Wildman–Crippen MR) is 212 cm³/mol. The molecule has 10 rings (SSSR count). The highest BCUT2D eigenvalue weighted by Crippen LogP contribution is 2.44. The Bertz CT molecular complexity index is 2840. The summed E-state index contributed by atoms with van der Waals surface area (Å²) in [6.45, 7) is 0. The van der Waals surface area contributed by atoms with Gasteiger partial charge in [0.15, 0.2) is 0 Å². The van der Waals surface area contributed by atoms with Crippen molar-refractivity contribution in [1.29, 1.82) is 0 Å². The first kappa shape index (κ1) is 29.1. The van der Waals surface area contributed by atoms with Crippen molar-refractivity contribution >= 4 is 60.9 Å². The molecular weight excluding hydrogens is 623 g/mol. The van der Waals surface area contributed by atoms with Crippen molar-refractivity contribution in [3.05, 3.63) is 188 Å². The monoisotopic (exact) mass is 653 g/mol. The SMILES string of the molecule is c1ccc(-c2ccc(-c3cccc(N(c4ccc(-c5cccc6c5oc5ccccc56)cc4)c4cccc5oc6ccccc6c45)c3)cc2)cc1. The maximum Gasteiger partial charge on any atom is 0.143 e. The van der Waals surface area contributed by atoms with Gasteiger partial charge in [0.05, 0.1) is 11.1 Å². The molecule has 2 aromatic heterocycles. The summed E-state index contributed by atoms with van der Waals surface area (Å²) in [6, 6.07) is 66.2. The smallest absolute Gasteiger partial charge is 0.143 e. The molecule has 0 fully saturated rings. The molecule has 2 heterocycles. The Balaban J connectivity index is 1.11. The highest BCUT2D eigenvalue weighted by atomic mass is 16.3. The van der Waals surface area contributed by atoms with E-state index in [2.05, 4.69) is 169 Å². The molecule has 0 atom stereocenters. The number of rotatable bonds is 6. The summed E-state index contributed by atoms with van der Waals surface area (Å²) in [5.41, 5.74) is 13.6. The van der Waals surface area contributed by atoms with Gasteiger partial charge < -0.3 is 13.7 Å². The van der Waals surface area contributed by atoms with Gasteiger partial charge in [-0.15, -0.1) is 0 Å². The number of benzene rings is 8. The zero-order valence-electron chi connectivity index (χ0n) is 27.7. The van der Waals surface area contributed by atoms with Crippen LogP contribution in [0, 0.1) is 0 Å². The minimum Gasteiger partial charge on any atom is -0.456 e. The average Bonchev–Trinajstić information content (AvgIpc) is 3.78. The molecule has 0 spiro atoms. The first-order chi connectivity index (χ1) is 25.3. The molecule has 0 aliphatic rings. The summed E-state index contributed by atoms with van der Waals surface area (Å²) in [7, 11) is 0. The predicted octanol–water partition coefficient (Wildman–Crippen LogP) is 14.0. The number of fused-ring (bicyclic) bond motifs is 6. The van der Waals surface area contributed by atoms with Crippen LogP contribution in [0.5, 0.6) is 0 Å². The van der Waals surface area contributed by atoms with E-state index in [1.165, 1.54) is 11.1 Å². The molecule has 0 aliphatic carbocycles. The van der Waals surface area contributed by atoms with Crippen LogP contribution >= 0.6 is 0 Å². The van der Waals surface area contributed by atoms with E-state index in [0.29, 0.717) is 0 Å². The number of nitrogens with zero attached hydrogens (tertiary/aromatic N) is 1. The molecular formula is C48H31NO2. The molecule has 240 valence electrons. The van der Waals surface area contributed by atoms with Gasteiger partial charge in [0.25, 0.3) is 0 Å².